The van der Waals surface area contributed by atoms with Gasteiger partial charge in [-0.05, 0) is 76.9 Å². The van der Waals surface area contributed by atoms with Gasteiger partial charge in [0.2, 0.25) is 11.8 Å². The van der Waals surface area contributed by atoms with Gasteiger partial charge in [0.1, 0.15) is 22.8 Å². The van der Waals surface area contributed by atoms with E-state index in [1.54, 1.807) is 77.9 Å². The second kappa shape index (κ2) is 19.1. The van der Waals surface area contributed by atoms with Gasteiger partial charge in [-0.15, -0.1) is 23.5 Å². The lowest BCUT2D eigenvalue weighted by atomic mass is 9.97. The van der Waals surface area contributed by atoms with Gasteiger partial charge >= 0.3 is 23.9 Å². The molecule has 56 heavy (non-hydrogen) atoms. The Morgan fingerprint density at radius 3 is 1.30 bits per heavy atom. The summed E-state index contributed by atoms with van der Waals surface area (Å²) in [6.45, 7) is 10.4. The number of carbonyl (C=O) groups is 6. The number of benzene rings is 2. The first kappa shape index (κ1) is 45.0. The van der Waals surface area contributed by atoms with E-state index in [2.05, 4.69) is 0 Å². The van der Waals surface area contributed by atoms with Gasteiger partial charge in [-0.25, -0.2) is 9.59 Å². The number of nitrogens with zero attached hydrogens (tertiary/aromatic N) is 2. The van der Waals surface area contributed by atoms with Crippen LogP contribution in [0.1, 0.15) is 76.3 Å². The van der Waals surface area contributed by atoms with Crippen LogP contribution in [0.5, 0.6) is 23.0 Å². The van der Waals surface area contributed by atoms with Crippen LogP contribution in [0.3, 0.4) is 0 Å². The van der Waals surface area contributed by atoms with Gasteiger partial charge in [-0.2, -0.15) is 0 Å². The molecule has 2 N–H and O–H groups in total. The van der Waals surface area contributed by atoms with E-state index in [1.165, 1.54) is 69.1 Å². The Balaban J connectivity index is 1.35. The maximum absolute atomic E-state index is 13.5. The van der Waals surface area contributed by atoms with E-state index in [1.807, 2.05) is 0 Å². The molecule has 0 radical (unpaired) electrons. The molecule has 18 heteroatoms. The van der Waals surface area contributed by atoms with Crippen molar-refractivity contribution in [3.8, 4) is 23.0 Å². The topological polar surface area (TPSA) is 186 Å². The predicted octanol–water partition coefficient (Wildman–Crippen LogP) is 6.52. The summed E-state index contributed by atoms with van der Waals surface area (Å²) in [6.07, 6.45) is 0.0827. The third-order valence-electron chi connectivity index (χ3n) is 8.60. The number of hydrogen-bond donors (Lipinski definition) is 2. The largest absolute Gasteiger partial charge is 0.493 e. The van der Waals surface area contributed by atoms with Crippen molar-refractivity contribution in [2.45, 2.75) is 77.2 Å². The van der Waals surface area contributed by atoms with Gasteiger partial charge in [0.15, 0.2) is 23.0 Å². The lowest BCUT2D eigenvalue weighted by Crippen LogP contribution is -2.43. The average molecular weight is 853 g/mol. The molecule has 0 aromatic heterocycles. The summed E-state index contributed by atoms with van der Waals surface area (Å²) < 4.78 is 22.0. The Morgan fingerprint density at radius 2 is 1.00 bits per heavy atom. The van der Waals surface area contributed by atoms with Crippen molar-refractivity contribution < 1.29 is 57.9 Å². The van der Waals surface area contributed by atoms with Crippen LogP contribution in [0, 0.1) is 10.8 Å². The van der Waals surface area contributed by atoms with Crippen LogP contribution in [0.25, 0.3) is 0 Å². The van der Waals surface area contributed by atoms with Crippen molar-refractivity contribution in [1.29, 1.82) is 0 Å². The summed E-state index contributed by atoms with van der Waals surface area (Å²) in [6, 6.07) is 7.72. The number of thioether (sulfide) groups is 2. The fourth-order valence-corrected chi connectivity index (χ4v) is 10.3. The molecular formula is C38H48N2O12S4. The fourth-order valence-electron chi connectivity index (χ4n) is 5.50. The van der Waals surface area contributed by atoms with Gasteiger partial charge in [-0.3, -0.25) is 19.2 Å². The van der Waals surface area contributed by atoms with Crippen molar-refractivity contribution in [2.75, 3.05) is 37.2 Å². The smallest absolute Gasteiger partial charge is 0.327 e. The van der Waals surface area contributed by atoms with Gasteiger partial charge in [0.05, 0.1) is 25.0 Å². The maximum Gasteiger partial charge on any atom is 0.327 e. The molecule has 4 atom stereocenters. The Kier molecular flexibility index (Phi) is 15.4. The maximum atomic E-state index is 13.5. The highest BCUT2D eigenvalue weighted by Crippen LogP contribution is 2.46. The number of amides is 2. The second-order valence-electron chi connectivity index (χ2n) is 14.9. The Bertz CT molecular complexity index is 1680. The number of esters is 2. The molecule has 0 saturated carbocycles. The van der Waals surface area contributed by atoms with Crippen LogP contribution in [0.15, 0.2) is 36.4 Å². The van der Waals surface area contributed by atoms with Crippen molar-refractivity contribution in [3.63, 3.8) is 0 Å². The molecule has 0 bridgehead atoms. The molecule has 2 aliphatic rings. The summed E-state index contributed by atoms with van der Waals surface area (Å²) in [4.78, 5) is 79.1. The molecule has 306 valence electrons. The molecule has 0 aliphatic carbocycles. The molecule has 2 saturated heterocycles. The SMILES string of the molecule is COc1cc(C2SC[C@@H](C(=O)O)N2C(=O)CCSSCCC(=O)N2C(c3ccc(OC(=O)C(C)(C)C)c(OC)c3)SC[C@H]2C(=O)O)ccc1OC(=O)C(C)(C)C. The van der Waals surface area contributed by atoms with Crippen molar-refractivity contribution in [1.82, 2.24) is 9.80 Å². The molecule has 14 nitrogen and oxygen atoms in total. The van der Waals surface area contributed by atoms with Crippen molar-refractivity contribution in [2.24, 2.45) is 10.8 Å². The summed E-state index contributed by atoms with van der Waals surface area (Å²) >= 11 is 2.63. The minimum Gasteiger partial charge on any atom is -0.493 e. The molecule has 4 rings (SSSR count). The first-order valence-corrected chi connectivity index (χ1v) is 22.2. The lowest BCUT2D eigenvalue weighted by Gasteiger charge is -2.28. The zero-order valence-electron chi connectivity index (χ0n) is 32.5. The summed E-state index contributed by atoms with van der Waals surface area (Å²) in [5, 5.41) is 18.7. The van der Waals surface area contributed by atoms with E-state index >= 15 is 0 Å². The van der Waals surface area contributed by atoms with E-state index in [0.717, 1.165) is 0 Å². The van der Waals surface area contributed by atoms with Crippen molar-refractivity contribution >= 4 is 80.8 Å². The molecule has 2 fully saturated rings. The van der Waals surface area contributed by atoms with Gasteiger partial charge in [-0.1, -0.05) is 33.7 Å². The Labute approximate surface area is 342 Å². The first-order valence-electron chi connectivity index (χ1n) is 17.6. The molecule has 2 amide bonds. The minimum absolute atomic E-state index is 0.0414. The zero-order valence-corrected chi connectivity index (χ0v) is 35.8. The number of hydrogen-bond acceptors (Lipinski definition) is 14. The normalized spacial score (nSPS) is 19.7. The molecule has 0 spiro atoms. The highest BCUT2D eigenvalue weighted by molar-refractivity contribution is 8.76. The quantitative estimate of drug-likeness (QED) is 0.0853. The molecule has 2 aromatic carbocycles. The van der Waals surface area contributed by atoms with Crippen LogP contribution < -0.4 is 18.9 Å². The number of carboxylic acids is 2. The van der Waals surface area contributed by atoms with E-state index in [-0.39, 0.29) is 59.2 Å². The molecular weight excluding hydrogens is 805 g/mol. The van der Waals surface area contributed by atoms with E-state index in [0.29, 0.717) is 22.6 Å². The number of rotatable bonds is 15. The molecule has 2 aliphatic heterocycles. The van der Waals surface area contributed by atoms with E-state index < -0.39 is 57.5 Å². The van der Waals surface area contributed by atoms with Crippen LogP contribution in [0.4, 0.5) is 0 Å². The molecule has 2 aromatic rings. The van der Waals surface area contributed by atoms with Crippen LogP contribution in [-0.4, -0.2) is 105 Å². The monoisotopic (exact) mass is 852 g/mol. The first-order chi connectivity index (χ1) is 26.3. The minimum atomic E-state index is -1.12. The summed E-state index contributed by atoms with van der Waals surface area (Å²) in [5.41, 5.74) is -0.248. The molecule has 2 heterocycles. The third kappa shape index (κ3) is 11.0. The highest BCUT2D eigenvalue weighted by atomic mass is 33.1. The summed E-state index contributed by atoms with van der Waals surface area (Å²) in [5.74, 6) is -1.80. The van der Waals surface area contributed by atoms with E-state index in [4.69, 9.17) is 18.9 Å². The fraction of sp³-hybridized carbons (Fsp3) is 0.526. The summed E-state index contributed by atoms with van der Waals surface area (Å²) in [7, 11) is 5.58. The highest BCUT2D eigenvalue weighted by Gasteiger charge is 2.44. The Morgan fingerprint density at radius 1 is 0.643 bits per heavy atom. The van der Waals surface area contributed by atoms with Crippen LogP contribution >= 0.6 is 45.1 Å². The average Bonchev–Trinajstić information content (AvgIpc) is 3.79. The van der Waals surface area contributed by atoms with Gasteiger partial charge in [0, 0.05) is 35.9 Å². The van der Waals surface area contributed by atoms with Crippen LogP contribution in [0.2, 0.25) is 0 Å². The number of aliphatic carboxylic acids is 2. The third-order valence-corrected chi connectivity index (χ3v) is 13.7. The number of ether oxygens (including phenoxy) is 4. The van der Waals surface area contributed by atoms with Crippen LogP contribution in [-0.2, 0) is 28.8 Å². The zero-order chi connectivity index (χ0) is 41.5. The Hall–Kier alpha value is -3.74. The standard InChI is InChI=1S/C38H48N2O12S4/c1-37(2,3)35(47)51-25-11-9-21(17-27(25)49-7)31-39(23(19-53-31)33(43)44)29(41)13-15-55-56-16-14-30(42)40-24(34(45)46)20-54-32(40)22-10-12-26(28(18-22)50-8)52-36(48)38(4,5)6/h9-12,17-18,23-24,31-32H,13-16,19-20H2,1-8H3,(H,43,44)(H,45,46)/t23-,24-,31?,32?/m0/s1. The van der Waals surface area contributed by atoms with Gasteiger partial charge < -0.3 is 39.0 Å². The number of carbonyl (C=O) groups excluding carboxylic acids is 4. The number of carboxylic acid groups (broad SMARTS) is 2. The number of methoxy groups -OCH3 is 2. The van der Waals surface area contributed by atoms with E-state index in [9.17, 15) is 39.0 Å². The van der Waals surface area contributed by atoms with Crippen molar-refractivity contribution in [3.05, 3.63) is 47.5 Å². The lowest BCUT2D eigenvalue weighted by molar-refractivity contribution is -0.149. The van der Waals surface area contributed by atoms with Gasteiger partial charge in [0.25, 0.3) is 0 Å². The molecule has 2 unspecified atom stereocenters. The predicted molar refractivity (Wildman–Crippen MR) is 217 cm³/mol. The second-order valence-corrected chi connectivity index (χ2v) is 19.9.